The molecule has 1 heterocycles. The summed E-state index contributed by atoms with van der Waals surface area (Å²) in [7, 11) is 1.49. The number of nitrogens with one attached hydrogen (secondary N) is 2. The van der Waals surface area contributed by atoms with Gasteiger partial charge in [-0.3, -0.25) is 4.79 Å². The summed E-state index contributed by atoms with van der Waals surface area (Å²) in [5.41, 5.74) is 7.05. The average Bonchev–Trinajstić information content (AvgIpc) is 2.94. The molecule has 1 unspecified atom stereocenters. The van der Waals surface area contributed by atoms with E-state index in [0.717, 1.165) is 5.56 Å². The Morgan fingerprint density at radius 3 is 2.79 bits per heavy atom. The second-order valence-electron chi connectivity index (χ2n) is 3.86. The molecule has 19 heavy (non-hydrogen) atoms. The van der Waals surface area contributed by atoms with Gasteiger partial charge in [-0.25, -0.2) is 0 Å². The summed E-state index contributed by atoms with van der Waals surface area (Å²) < 4.78 is 4.82. The van der Waals surface area contributed by atoms with Gasteiger partial charge in [-0.1, -0.05) is 0 Å². The third-order valence-electron chi connectivity index (χ3n) is 2.44. The van der Waals surface area contributed by atoms with Crippen LogP contribution in [0.5, 0.6) is 0 Å². The van der Waals surface area contributed by atoms with E-state index in [9.17, 15) is 4.79 Å². The third kappa shape index (κ3) is 3.33. The number of anilines is 1. The standard InChI is InChI=1S/C11H14N6O2/c1-19-6-9(12)11(18)13-8-4-2-7(3-5-8)10-14-16-17-15-10/h2-5,9H,6,12H2,1H3,(H,13,18)(H,14,15,16,17). The van der Waals surface area contributed by atoms with Gasteiger partial charge in [0.15, 0.2) is 0 Å². The first-order chi connectivity index (χ1) is 9.20. The van der Waals surface area contributed by atoms with Crippen molar-refractivity contribution in [1.29, 1.82) is 0 Å². The van der Waals surface area contributed by atoms with Crippen LogP contribution >= 0.6 is 0 Å². The highest BCUT2D eigenvalue weighted by Crippen LogP contribution is 2.16. The molecule has 2 aromatic rings. The Labute approximate surface area is 109 Å². The Hall–Kier alpha value is -2.32. The number of nitrogens with two attached hydrogens (primary N) is 1. The molecule has 4 N–H and O–H groups in total. The molecule has 0 radical (unpaired) electrons. The number of carbonyl (C=O) groups is 1. The summed E-state index contributed by atoms with van der Waals surface area (Å²) in [6.45, 7) is 0.173. The van der Waals surface area contributed by atoms with E-state index >= 15 is 0 Å². The molecule has 0 spiro atoms. The highest BCUT2D eigenvalue weighted by Gasteiger charge is 2.13. The van der Waals surface area contributed by atoms with Crippen molar-refractivity contribution < 1.29 is 9.53 Å². The number of H-pyrrole nitrogens is 1. The molecule has 8 nitrogen and oxygen atoms in total. The van der Waals surface area contributed by atoms with Crippen LogP contribution in [0, 0.1) is 0 Å². The number of rotatable bonds is 5. The second kappa shape index (κ2) is 6.03. The molecule has 0 bridgehead atoms. The number of hydrogen-bond donors (Lipinski definition) is 3. The molecule has 0 aliphatic heterocycles. The van der Waals surface area contributed by atoms with Gasteiger partial charge in [0.25, 0.3) is 0 Å². The van der Waals surface area contributed by atoms with Crippen LogP contribution in [-0.2, 0) is 9.53 Å². The van der Waals surface area contributed by atoms with E-state index in [4.69, 9.17) is 10.5 Å². The molecule has 1 aromatic carbocycles. The number of amides is 1. The van der Waals surface area contributed by atoms with Gasteiger partial charge in [0.2, 0.25) is 11.7 Å². The molecule has 0 saturated heterocycles. The van der Waals surface area contributed by atoms with Crippen molar-refractivity contribution in [2.24, 2.45) is 5.73 Å². The molecule has 2 rings (SSSR count). The van der Waals surface area contributed by atoms with Crippen LogP contribution < -0.4 is 11.1 Å². The monoisotopic (exact) mass is 262 g/mol. The first-order valence-electron chi connectivity index (χ1n) is 5.60. The summed E-state index contributed by atoms with van der Waals surface area (Å²) >= 11 is 0. The van der Waals surface area contributed by atoms with Gasteiger partial charge in [0.1, 0.15) is 6.04 Å². The van der Waals surface area contributed by atoms with Gasteiger partial charge in [-0.05, 0) is 29.5 Å². The Bertz CT molecular complexity index is 525. The molecule has 8 heteroatoms. The molecule has 100 valence electrons. The number of benzene rings is 1. The van der Waals surface area contributed by atoms with Crippen molar-refractivity contribution >= 4 is 11.6 Å². The minimum Gasteiger partial charge on any atom is -0.383 e. The summed E-state index contributed by atoms with van der Waals surface area (Å²) in [6, 6.07) is 6.35. The molecule has 0 aliphatic rings. The highest BCUT2D eigenvalue weighted by atomic mass is 16.5. The van der Waals surface area contributed by atoms with Crippen molar-refractivity contribution in [1.82, 2.24) is 20.6 Å². The first-order valence-corrected chi connectivity index (χ1v) is 5.60. The van der Waals surface area contributed by atoms with Gasteiger partial charge < -0.3 is 15.8 Å². The van der Waals surface area contributed by atoms with E-state index in [1.807, 2.05) is 0 Å². The molecular formula is C11H14N6O2. The molecule has 0 fully saturated rings. The number of ether oxygens (including phenoxy) is 1. The lowest BCUT2D eigenvalue weighted by molar-refractivity contribution is -0.118. The SMILES string of the molecule is COCC(N)C(=O)Nc1ccc(-c2nn[nH]n2)cc1. The predicted octanol–water partition coefficient (Wildman–Crippen LogP) is -0.221. The zero-order valence-electron chi connectivity index (χ0n) is 10.3. The maximum absolute atomic E-state index is 11.7. The van der Waals surface area contributed by atoms with Gasteiger partial charge in [-0.15, -0.1) is 10.2 Å². The van der Waals surface area contributed by atoms with Gasteiger partial charge in [-0.2, -0.15) is 5.21 Å². The minimum absolute atomic E-state index is 0.173. The fourth-order valence-corrected chi connectivity index (χ4v) is 1.48. The quantitative estimate of drug-likeness (QED) is 0.685. The molecule has 0 aliphatic carbocycles. The number of aromatic nitrogens is 4. The number of methoxy groups -OCH3 is 1. The van der Waals surface area contributed by atoms with E-state index in [0.29, 0.717) is 11.5 Å². The Balaban J connectivity index is 2.01. The normalized spacial score (nSPS) is 12.1. The maximum atomic E-state index is 11.7. The smallest absolute Gasteiger partial charge is 0.243 e. The topological polar surface area (TPSA) is 119 Å². The first kappa shape index (κ1) is 13.1. The zero-order chi connectivity index (χ0) is 13.7. The number of nitrogens with zero attached hydrogens (tertiary/aromatic N) is 3. The minimum atomic E-state index is -0.693. The van der Waals surface area contributed by atoms with E-state index in [-0.39, 0.29) is 12.5 Å². The van der Waals surface area contributed by atoms with Crippen molar-refractivity contribution in [2.45, 2.75) is 6.04 Å². The van der Waals surface area contributed by atoms with E-state index in [1.54, 1.807) is 24.3 Å². The lowest BCUT2D eigenvalue weighted by atomic mass is 10.2. The Kier molecular flexibility index (Phi) is 4.16. The van der Waals surface area contributed by atoms with Crippen LogP contribution in [0.4, 0.5) is 5.69 Å². The molecule has 1 atom stereocenters. The van der Waals surface area contributed by atoms with Crippen LogP contribution in [0.1, 0.15) is 0 Å². The summed E-state index contributed by atoms with van der Waals surface area (Å²) in [5, 5.41) is 16.3. The largest absolute Gasteiger partial charge is 0.383 e. The Morgan fingerprint density at radius 2 is 2.21 bits per heavy atom. The van der Waals surface area contributed by atoms with Crippen LogP contribution in [-0.4, -0.2) is 46.3 Å². The number of tetrazole rings is 1. The van der Waals surface area contributed by atoms with Crippen LogP contribution in [0.2, 0.25) is 0 Å². The lowest BCUT2D eigenvalue weighted by Crippen LogP contribution is -2.39. The van der Waals surface area contributed by atoms with Gasteiger partial charge in [0.05, 0.1) is 6.61 Å². The Morgan fingerprint density at radius 1 is 1.47 bits per heavy atom. The number of aromatic amines is 1. The third-order valence-corrected chi connectivity index (χ3v) is 2.44. The van der Waals surface area contributed by atoms with Gasteiger partial charge >= 0.3 is 0 Å². The zero-order valence-corrected chi connectivity index (χ0v) is 10.3. The van der Waals surface area contributed by atoms with Crippen molar-refractivity contribution in [3.63, 3.8) is 0 Å². The van der Waals surface area contributed by atoms with Crippen LogP contribution in [0.15, 0.2) is 24.3 Å². The van der Waals surface area contributed by atoms with E-state index < -0.39 is 6.04 Å². The highest BCUT2D eigenvalue weighted by molar-refractivity contribution is 5.94. The number of hydrogen-bond acceptors (Lipinski definition) is 6. The summed E-state index contributed by atoms with van der Waals surface area (Å²) in [4.78, 5) is 11.7. The van der Waals surface area contributed by atoms with E-state index in [2.05, 4.69) is 25.9 Å². The molecule has 0 saturated carbocycles. The van der Waals surface area contributed by atoms with Crippen molar-refractivity contribution in [3.05, 3.63) is 24.3 Å². The van der Waals surface area contributed by atoms with Crippen LogP contribution in [0.3, 0.4) is 0 Å². The fourth-order valence-electron chi connectivity index (χ4n) is 1.48. The maximum Gasteiger partial charge on any atom is 0.243 e. The van der Waals surface area contributed by atoms with E-state index in [1.165, 1.54) is 7.11 Å². The molecule has 1 aromatic heterocycles. The summed E-state index contributed by atoms with van der Waals surface area (Å²) in [5.74, 6) is 0.197. The van der Waals surface area contributed by atoms with Crippen LogP contribution in [0.25, 0.3) is 11.4 Å². The van der Waals surface area contributed by atoms with Crippen molar-refractivity contribution in [2.75, 3.05) is 19.0 Å². The lowest BCUT2D eigenvalue weighted by Gasteiger charge is -2.11. The second-order valence-corrected chi connectivity index (χ2v) is 3.86. The summed E-state index contributed by atoms with van der Waals surface area (Å²) in [6.07, 6.45) is 0. The predicted molar refractivity (Wildman–Crippen MR) is 68.1 cm³/mol. The fraction of sp³-hybridized carbons (Fsp3) is 0.273. The number of carbonyl (C=O) groups excluding carboxylic acids is 1. The van der Waals surface area contributed by atoms with Crippen molar-refractivity contribution in [3.8, 4) is 11.4 Å². The average molecular weight is 262 g/mol. The molecular weight excluding hydrogens is 248 g/mol. The molecule has 1 amide bonds. The van der Waals surface area contributed by atoms with Gasteiger partial charge in [0, 0.05) is 18.4 Å².